The highest BCUT2D eigenvalue weighted by Crippen LogP contribution is 2.55. The second kappa shape index (κ2) is 11.8. The molecule has 9 aromatic rings. The Hall–Kier alpha value is -5.92. The fraction of sp³-hybridized carbons (Fsp3) is 0.154. The number of hydrogen-bond donors (Lipinski definition) is 0. The molecular formula is C52H42O. The predicted octanol–water partition coefficient (Wildman–Crippen LogP) is 14.9. The van der Waals surface area contributed by atoms with Crippen molar-refractivity contribution in [3.05, 3.63) is 168 Å². The highest BCUT2D eigenvalue weighted by atomic mass is 16.3. The van der Waals surface area contributed by atoms with Gasteiger partial charge in [0.05, 0.1) is 26.0 Å². The van der Waals surface area contributed by atoms with E-state index in [1.165, 1.54) is 0 Å². The van der Waals surface area contributed by atoms with E-state index >= 15 is 0 Å². The van der Waals surface area contributed by atoms with Crippen molar-refractivity contribution in [3.63, 3.8) is 0 Å². The topological polar surface area (TPSA) is 13.1 Å². The van der Waals surface area contributed by atoms with Gasteiger partial charge < -0.3 is 4.42 Å². The van der Waals surface area contributed by atoms with Gasteiger partial charge in [-0.3, -0.25) is 0 Å². The largest absolute Gasteiger partial charge is 0.455 e. The molecule has 256 valence electrons. The number of furan rings is 1. The van der Waals surface area contributed by atoms with Gasteiger partial charge in [0, 0.05) is 27.5 Å². The molecule has 1 aliphatic carbocycles. The van der Waals surface area contributed by atoms with E-state index in [1.807, 2.05) is 42.5 Å². The Morgan fingerprint density at radius 2 is 0.962 bits per heavy atom. The van der Waals surface area contributed by atoms with Crippen molar-refractivity contribution in [1.82, 2.24) is 0 Å². The standard InChI is InChI=1S/C52H42O/c1-51(2)31-32-52(3,4)48-44(51)30-29-35(33-17-7-5-8-18-33)47(48)46-39-23-13-11-21-37(39)45(38-22-12-14-24-40(38)46)43-28-16-27-42-41-26-15-25-36(49(41)53-50(42)43)34-19-9-6-10-20-34/h5-30H,31-32H2,1-4H3/i6D,9D,10D,11D,12D,13D,14D,15D,16D,19D,20D,21D,22D,23D,24D,25D,26D,27D,28D. The first-order valence-corrected chi connectivity index (χ1v) is 17.4. The zero-order valence-corrected chi connectivity index (χ0v) is 29.4. The lowest BCUT2D eigenvalue weighted by atomic mass is 9.60. The van der Waals surface area contributed by atoms with Crippen LogP contribution in [0.5, 0.6) is 0 Å². The van der Waals surface area contributed by atoms with E-state index in [0.29, 0.717) is 23.1 Å². The van der Waals surface area contributed by atoms with Crippen molar-refractivity contribution in [2.24, 2.45) is 0 Å². The van der Waals surface area contributed by atoms with Crippen LogP contribution in [0.25, 0.3) is 88.0 Å². The predicted molar refractivity (Wildman–Crippen MR) is 226 cm³/mol. The molecule has 0 unspecified atom stereocenters. The van der Waals surface area contributed by atoms with E-state index in [9.17, 15) is 13.7 Å². The highest BCUT2D eigenvalue weighted by molar-refractivity contribution is 6.25. The Balaban J connectivity index is 1.54. The van der Waals surface area contributed by atoms with Gasteiger partial charge in [-0.05, 0) is 84.2 Å². The zero-order valence-electron chi connectivity index (χ0n) is 48.4. The monoisotopic (exact) mass is 701 g/mol. The molecule has 10 rings (SSSR count). The third-order valence-electron chi connectivity index (χ3n) is 10.8. The minimum atomic E-state index is -0.815. The number of rotatable bonds is 4. The Morgan fingerprint density at radius 1 is 0.434 bits per heavy atom. The minimum absolute atomic E-state index is 0.0643. The summed E-state index contributed by atoms with van der Waals surface area (Å²) < 4.78 is 181. The van der Waals surface area contributed by atoms with Gasteiger partial charge in [0.25, 0.3) is 0 Å². The summed E-state index contributed by atoms with van der Waals surface area (Å²) in [4.78, 5) is 0. The normalized spacial score (nSPS) is 20.0. The average Bonchev–Trinajstić information content (AvgIpc) is 3.75. The highest BCUT2D eigenvalue weighted by Gasteiger charge is 2.40. The Bertz CT molecular complexity index is 3860. The van der Waals surface area contributed by atoms with Crippen molar-refractivity contribution in [2.45, 2.75) is 51.4 Å². The van der Waals surface area contributed by atoms with Crippen LogP contribution in [0.3, 0.4) is 0 Å². The van der Waals surface area contributed by atoms with E-state index in [-0.39, 0.29) is 27.1 Å². The fourth-order valence-electron chi connectivity index (χ4n) is 8.17. The summed E-state index contributed by atoms with van der Waals surface area (Å²) in [6.07, 6.45) is 1.45. The third kappa shape index (κ3) is 4.84. The lowest BCUT2D eigenvalue weighted by Crippen LogP contribution is -2.34. The molecule has 0 atom stereocenters. The molecule has 1 heterocycles. The molecule has 1 aromatic heterocycles. The van der Waals surface area contributed by atoms with Crippen molar-refractivity contribution >= 4 is 43.5 Å². The van der Waals surface area contributed by atoms with Crippen LogP contribution in [0.2, 0.25) is 0 Å². The summed E-state index contributed by atoms with van der Waals surface area (Å²) >= 11 is 0. The molecule has 1 aliphatic rings. The fourth-order valence-corrected chi connectivity index (χ4v) is 8.17. The smallest absolute Gasteiger partial charge is 0.143 e. The molecule has 0 radical (unpaired) electrons. The molecule has 8 aromatic carbocycles. The summed E-state index contributed by atoms with van der Waals surface area (Å²) in [6, 6.07) is -0.713. The van der Waals surface area contributed by atoms with Crippen LogP contribution in [0.4, 0.5) is 0 Å². The summed E-state index contributed by atoms with van der Waals surface area (Å²) in [5.41, 5.74) is -0.585. The van der Waals surface area contributed by atoms with Crippen LogP contribution in [0, 0.1) is 0 Å². The van der Waals surface area contributed by atoms with E-state index in [4.69, 9.17) is 16.8 Å². The maximum Gasteiger partial charge on any atom is 0.143 e. The summed E-state index contributed by atoms with van der Waals surface area (Å²) in [6.45, 7) is 8.34. The Morgan fingerprint density at radius 3 is 1.60 bits per heavy atom. The van der Waals surface area contributed by atoms with Gasteiger partial charge >= 0.3 is 0 Å². The van der Waals surface area contributed by atoms with Crippen molar-refractivity contribution in [3.8, 4) is 44.5 Å². The lowest BCUT2D eigenvalue weighted by Gasteiger charge is -2.44. The molecule has 0 N–H and O–H groups in total. The first-order chi connectivity index (χ1) is 33.7. The Kier molecular flexibility index (Phi) is 3.95. The van der Waals surface area contributed by atoms with Crippen LogP contribution in [0.15, 0.2) is 162 Å². The zero-order chi connectivity index (χ0) is 52.4. The SMILES string of the molecule is [2H]c1c([2H])c([2H])c(-c2c([2H])c([2H])c([2H])c3c2oc2c(-c4c5c([2H])c([2H])c([2H])c([2H])c5c(-c5c(-c6ccccc6)ccc6c5C(C)(C)CCC6(C)C)c5c([2H])c([2H])c([2H])c([2H])c45)c([2H])c([2H])c([2H])c23)c([2H])c1[2H]. The maximum absolute atomic E-state index is 9.87. The van der Waals surface area contributed by atoms with Crippen LogP contribution in [-0.4, -0.2) is 0 Å². The van der Waals surface area contributed by atoms with Crippen molar-refractivity contribution < 1.29 is 30.5 Å². The van der Waals surface area contributed by atoms with Gasteiger partial charge in [-0.15, -0.1) is 0 Å². The molecule has 0 spiro atoms. The number of hydrogen-bond acceptors (Lipinski definition) is 1. The quantitative estimate of drug-likeness (QED) is 0.167. The number of para-hydroxylation sites is 2. The van der Waals surface area contributed by atoms with E-state index in [2.05, 4.69) is 27.7 Å². The van der Waals surface area contributed by atoms with Gasteiger partial charge in [-0.2, -0.15) is 0 Å². The molecule has 1 heteroatoms. The minimum Gasteiger partial charge on any atom is -0.455 e. The summed E-state index contributed by atoms with van der Waals surface area (Å²) in [7, 11) is 0. The summed E-state index contributed by atoms with van der Waals surface area (Å²) in [5, 5.41) is -1.85. The van der Waals surface area contributed by atoms with Gasteiger partial charge in [0.2, 0.25) is 0 Å². The average molecular weight is 702 g/mol. The van der Waals surface area contributed by atoms with Crippen LogP contribution >= 0.6 is 0 Å². The molecule has 0 saturated carbocycles. The molecule has 53 heavy (non-hydrogen) atoms. The number of fused-ring (bicyclic) bond motifs is 6. The third-order valence-corrected chi connectivity index (χ3v) is 10.8. The second-order valence-electron chi connectivity index (χ2n) is 14.8. The van der Waals surface area contributed by atoms with Crippen molar-refractivity contribution in [2.75, 3.05) is 0 Å². The van der Waals surface area contributed by atoms with Crippen LogP contribution in [-0.2, 0) is 10.8 Å². The van der Waals surface area contributed by atoms with Crippen LogP contribution < -0.4 is 0 Å². The van der Waals surface area contributed by atoms with E-state index in [1.54, 1.807) is 0 Å². The molecule has 0 bridgehead atoms. The molecule has 0 fully saturated rings. The molecule has 1 nitrogen and oxygen atoms in total. The van der Waals surface area contributed by atoms with Gasteiger partial charge in [0.15, 0.2) is 0 Å². The first kappa shape index (κ1) is 17.7. The second-order valence-corrected chi connectivity index (χ2v) is 14.8. The molecule has 0 saturated heterocycles. The van der Waals surface area contributed by atoms with Crippen LogP contribution in [0.1, 0.15) is 77.7 Å². The maximum atomic E-state index is 9.87. The summed E-state index contributed by atoms with van der Waals surface area (Å²) in [5.74, 6) is 0. The van der Waals surface area contributed by atoms with E-state index in [0.717, 1.165) is 17.5 Å². The first-order valence-electron chi connectivity index (χ1n) is 26.9. The Labute approximate surface area is 338 Å². The van der Waals surface area contributed by atoms with Gasteiger partial charge in [-0.25, -0.2) is 0 Å². The van der Waals surface area contributed by atoms with Gasteiger partial charge in [-0.1, -0.05) is 185 Å². The lowest BCUT2D eigenvalue weighted by molar-refractivity contribution is 0.333. The molecular weight excluding hydrogens is 641 g/mol. The van der Waals surface area contributed by atoms with Gasteiger partial charge in [0.1, 0.15) is 11.2 Å². The molecule has 0 aliphatic heterocycles. The van der Waals surface area contributed by atoms with Crippen molar-refractivity contribution in [1.29, 1.82) is 0 Å². The number of benzene rings is 8. The van der Waals surface area contributed by atoms with E-state index < -0.39 is 170 Å². The molecule has 0 amide bonds.